The highest BCUT2D eigenvalue weighted by atomic mass is 35.5. The second-order valence-electron chi connectivity index (χ2n) is 4.44. The third-order valence-electron chi connectivity index (χ3n) is 2.57. The van der Waals surface area contributed by atoms with Crippen molar-refractivity contribution in [3.8, 4) is 0 Å². The van der Waals surface area contributed by atoms with Crippen LogP contribution >= 0.6 is 11.6 Å². The Labute approximate surface area is 103 Å². The van der Waals surface area contributed by atoms with Gasteiger partial charge in [0.2, 0.25) is 0 Å². The average Bonchev–Trinajstić information content (AvgIpc) is 2.20. The highest BCUT2D eigenvalue weighted by Gasteiger charge is 2.17. The fourth-order valence-corrected chi connectivity index (χ4v) is 1.94. The van der Waals surface area contributed by atoms with Crippen molar-refractivity contribution in [2.75, 3.05) is 6.54 Å². The molecule has 1 aromatic carbocycles. The fourth-order valence-electron chi connectivity index (χ4n) is 1.74. The topological polar surface area (TPSA) is 32.3 Å². The van der Waals surface area contributed by atoms with Gasteiger partial charge in [-0.1, -0.05) is 43.1 Å². The van der Waals surface area contributed by atoms with Crippen LogP contribution in [0.1, 0.15) is 32.3 Å². The van der Waals surface area contributed by atoms with Crippen LogP contribution < -0.4 is 5.32 Å². The first kappa shape index (κ1) is 13.5. The summed E-state index contributed by atoms with van der Waals surface area (Å²) in [6.07, 6.45) is 1.79. The van der Waals surface area contributed by atoms with E-state index in [9.17, 15) is 5.11 Å². The Balaban J connectivity index is 2.39. The first-order chi connectivity index (χ1) is 7.55. The maximum absolute atomic E-state index is 9.97. The summed E-state index contributed by atoms with van der Waals surface area (Å²) in [5.41, 5.74) is 0.437. The van der Waals surface area contributed by atoms with Crippen molar-refractivity contribution in [2.24, 2.45) is 0 Å². The van der Waals surface area contributed by atoms with Gasteiger partial charge in [0, 0.05) is 18.1 Å². The van der Waals surface area contributed by atoms with Crippen LogP contribution in [0.15, 0.2) is 24.3 Å². The standard InChI is InChI=1S/C13H20ClNO/c1-3-8-13(2,16)10-15-9-11-6-4-5-7-12(11)14/h4-7,15-16H,3,8-10H2,1-2H3. The van der Waals surface area contributed by atoms with Gasteiger partial charge in [0.1, 0.15) is 0 Å². The summed E-state index contributed by atoms with van der Waals surface area (Å²) in [7, 11) is 0. The number of hydrogen-bond acceptors (Lipinski definition) is 2. The van der Waals surface area contributed by atoms with E-state index in [1.165, 1.54) is 0 Å². The highest BCUT2D eigenvalue weighted by molar-refractivity contribution is 6.31. The van der Waals surface area contributed by atoms with Crippen molar-refractivity contribution in [1.29, 1.82) is 0 Å². The SMILES string of the molecule is CCCC(C)(O)CNCc1ccccc1Cl. The second kappa shape index (κ2) is 6.24. The lowest BCUT2D eigenvalue weighted by atomic mass is 10.0. The molecule has 0 bridgehead atoms. The second-order valence-corrected chi connectivity index (χ2v) is 4.85. The molecule has 90 valence electrons. The molecule has 0 amide bonds. The van der Waals surface area contributed by atoms with Gasteiger partial charge in [-0.3, -0.25) is 0 Å². The van der Waals surface area contributed by atoms with Crippen LogP contribution in [0, 0.1) is 0 Å². The van der Waals surface area contributed by atoms with Crippen molar-refractivity contribution in [1.82, 2.24) is 5.32 Å². The molecule has 1 aromatic rings. The minimum Gasteiger partial charge on any atom is -0.389 e. The molecule has 1 unspecified atom stereocenters. The van der Waals surface area contributed by atoms with E-state index >= 15 is 0 Å². The average molecular weight is 242 g/mol. The summed E-state index contributed by atoms with van der Waals surface area (Å²) in [5.74, 6) is 0. The van der Waals surface area contributed by atoms with Crippen LogP contribution in [0.4, 0.5) is 0 Å². The zero-order valence-corrected chi connectivity index (χ0v) is 10.7. The maximum Gasteiger partial charge on any atom is 0.0743 e. The minimum absolute atomic E-state index is 0.589. The third-order valence-corrected chi connectivity index (χ3v) is 2.94. The van der Waals surface area contributed by atoms with Gasteiger partial charge in [-0.15, -0.1) is 0 Å². The van der Waals surface area contributed by atoms with Crippen LogP contribution in [0.3, 0.4) is 0 Å². The van der Waals surface area contributed by atoms with Gasteiger partial charge in [0.15, 0.2) is 0 Å². The van der Waals surface area contributed by atoms with Gasteiger partial charge in [0.25, 0.3) is 0 Å². The van der Waals surface area contributed by atoms with Crippen molar-refractivity contribution in [3.63, 3.8) is 0 Å². The molecule has 0 spiro atoms. The molecule has 2 nitrogen and oxygen atoms in total. The summed E-state index contributed by atoms with van der Waals surface area (Å²) in [5, 5.41) is 14.0. The molecule has 0 aromatic heterocycles. The van der Waals surface area contributed by atoms with Crippen LogP contribution in [0.25, 0.3) is 0 Å². The van der Waals surface area contributed by atoms with Crippen molar-refractivity contribution in [2.45, 2.75) is 38.8 Å². The van der Waals surface area contributed by atoms with Crippen LogP contribution in [0.2, 0.25) is 5.02 Å². The van der Waals surface area contributed by atoms with E-state index in [1.807, 2.05) is 31.2 Å². The Morgan fingerprint density at radius 3 is 2.69 bits per heavy atom. The number of benzene rings is 1. The molecular weight excluding hydrogens is 222 g/mol. The molecule has 0 radical (unpaired) electrons. The first-order valence-electron chi connectivity index (χ1n) is 5.71. The third kappa shape index (κ3) is 4.52. The molecule has 0 heterocycles. The predicted octanol–water partition coefficient (Wildman–Crippen LogP) is 2.98. The van der Waals surface area contributed by atoms with Gasteiger partial charge in [-0.05, 0) is 25.0 Å². The Kier molecular flexibility index (Phi) is 5.26. The number of rotatable bonds is 6. The molecule has 0 aliphatic heterocycles. The molecule has 3 heteroatoms. The first-order valence-corrected chi connectivity index (χ1v) is 6.09. The number of halogens is 1. The number of nitrogens with one attached hydrogen (secondary N) is 1. The van der Waals surface area contributed by atoms with E-state index < -0.39 is 5.60 Å². The lowest BCUT2D eigenvalue weighted by molar-refractivity contribution is 0.0498. The van der Waals surface area contributed by atoms with E-state index in [1.54, 1.807) is 0 Å². The molecule has 1 rings (SSSR count). The van der Waals surface area contributed by atoms with E-state index in [4.69, 9.17) is 11.6 Å². The van der Waals surface area contributed by atoms with Gasteiger partial charge in [0.05, 0.1) is 5.60 Å². The van der Waals surface area contributed by atoms with Gasteiger partial charge in [-0.2, -0.15) is 0 Å². The zero-order valence-electron chi connectivity index (χ0n) is 9.96. The quantitative estimate of drug-likeness (QED) is 0.803. The van der Waals surface area contributed by atoms with Gasteiger partial charge >= 0.3 is 0 Å². The summed E-state index contributed by atoms with van der Waals surface area (Å²) in [6, 6.07) is 7.75. The Bertz CT molecular complexity index is 325. The summed E-state index contributed by atoms with van der Waals surface area (Å²) in [6.45, 7) is 5.21. The fraction of sp³-hybridized carbons (Fsp3) is 0.538. The van der Waals surface area contributed by atoms with E-state index in [0.717, 1.165) is 23.4 Å². The lowest BCUT2D eigenvalue weighted by Gasteiger charge is -2.23. The minimum atomic E-state index is -0.629. The largest absolute Gasteiger partial charge is 0.389 e. The van der Waals surface area contributed by atoms with Crippen molar-refractivity contribution >= 4 is 11.6 Å². The molecule has 16 heavy (non-hydrogen) atoms. The Morgan fingerprint density at radius 2 is 2.06 bits per heavy atom. The van der Waals surface area contributed by atoms with Crippen LogP contribution in [-0.2, 0) is 6.54 Å². The molecule has 0 aliphatic rings. The van der Waals surface area contributed by atoms with E-state index in [2.05, 4.69) is 12.2 Å². The molecular formula is C13H20ClNO. The number of hydrogen-bond donors (Lipinski definition) is 2. The normalized spacial score (nSPS) is 14.8. The Hall–Kier alpha value is -0.570. The van der Waals surface area contributed by atoms with E-state index in [-0.39, 0.29) is 0 Å². The molecule has 1 atom stereocenters. The van der Waals surface area contributed by atoms with Crippen molar-refractivity contribution in [3.05, 3.63) is 34.9 Å². The van der Waals surface area contributed by atoms with Gasteiger partial charge < -0.3 is 10.4 Å². The Morgan fingerprint density at radius 1 is 1.38 bits per heavy atom. The molecule has 0 saturated carbocycles. The molecule has 0 saturated heterocycles. The van der Waals surface area contributed by atoms with Crippen molar-refractivity contribution < 1.29 is 5.11 Å². The monoisotopic (exact) mass is 241 g/mol. The lowest BCUT2D eigenvalue weighted by Crippen LogP contribution is -2.37. The van der Waals surface area contributed by atoms with Crippen LogP contribution in [-0.4, -0.2) is 17.3 Å². The van der Waals surface area contributed by atoms with Crippen LogP contribution in [0.5, 0.6) is 0 Å². The predicted molar refractivity (Wildman–Crippen MR) is 68.7 cm³/mol. The molecule has 0 aliphatic carbocycles. The van der Waals surface area contributed by atoms with E-state index in [0.29, 0.717) is 13.1 Å². The summed E-state index contributed by atoms with van der Waals surface area (Å²) >= 11 is 6.03. The highest BCUT2D eigenvalue weighted by Crippen LogP contribution is 2.15. The molecule has 0 fully saturated rings. The van der Waals surface area contributed by atoms with Gasteiger partial charge in [-0.25, -0.2) is 0 Å². The summed E-state index contributed by atoms with van der Waals surface area (Å²) < 4.78 is 0. The maximum atomic E-state index is 9.97. The zero-order chi connectivity index (χ0) is 12.0. The summed E-state index contributed by atoms with van der Waals surface area (Å²) in [4.78, 5) is 0. The molecule has 2 N–H and O–H groups in total. The number of aliphatic hydroxyl groups is 1. The smallest absolute Gasteiger partial charge is 0.0743 e.